The van der Waals surface area contributed by atoms with Gasteiger partial charge in [0.15, 0.2) is 0 Å². The van der Waals surface area contributed by atoms with Gasteiger partial charge in [0.1, 0.15) is 6.10 Å². The minimum atomic E-state index is -0.724. The van der Waals surface area contributed by atoms with Crippen LogP contribution in [0.4, 0.5) is 0 Å². The molecular formula is C11H10ClNOS. The molecule has 1 N–H and O–H groups in total. The van der Waals surface area contributed by atoms with Gasteiger partial charge in [-0.15, -0.1) is 11.3 Å². The lowest BCUT2D eigenvalue weighted by Gasteiger charge is -2.08. The Bertz CT molecular complexity index is 452. The molecule has 1 atom stereocenters. The van der Waals surface area contributed by atoms with Crippen molar-refractivity contribution in [3.8, 4) is 0 Å². The largest absolute Gasteiger partial charge is 0.381 e. The molecule has 2 aromatic heterocycles. The molecule has 2 rings (SSSR count). The SMILES string of the molecule is Cc1ccc(C(O)c2sccc2Cl)nc1. The molecule has 0 aliphatic rings. The Morgan fingerprint density at radius 2 is 2.20 bits per heavy atom. The highest BCUT2D eigenvalue weighted by atomic mass is 35.5. The van der Waals surface area contributed by atoms with Crippen molar-refractivity contribution in [3.05, 3.63) is 50.9 Å². The Hall–Kier alpha value is -0.900. The van der Waals surface area contributed by atoms with E-state index in [4.69, 9.17) is 11.6 Å². The van der Waals surface area contributed by atoms with Crippen molar-refractivity contribution in [2.45, 2.75) is 13.0 Å². The fraction of sp³-hybridized carbons (Fsp3) is 0.182. The quantitative estimate of drug-likeness (QED) is 0.873. The van der Waals surface area contributed by atoms with Crippen LogP contribution in [0.3, 0.4) is 0 Å². The maximum Gasteiger partial charge on any atom is 0.131 e. The van der Waals surface area contributed by atoms with E-state index in [9.17, 15) is 5.11 Å². The van der Waals surface area contributed by atoms with Gasteiger partial charge in [0.2, 0.25) is 0 Å². The number of pyridine rings is 1. The third-order valence-corrected chi connectivity index (χ3v) is 3.52. The summed E-state index contributed by atoms with van der Waals surface area (Å²) in [4.78, 5) is 4.92. The molecule has 0 bridgehead atoms. The third-order valence-electron chi connectivity index (χ3n) is 2.11. The highest BCUT2D eigenvalue weighted by Crippen LogP contribution is 2.31. The van der Waals surface area contributed by atoms with E-state index in [1.165, 1.54) is 11.3 Å². The van der Waals surface area contributed by atoms with Crippen LogP contribution < -0.4 is 0 Å². The van der Waals surface area contributed by atoms with Crippen molar-refractivity contribution < 1.29 is 5.11 Å². The number of rotatable bonds is 2. The lowest BCUT2D eigenvalue weighted by Crippen LogP contribution is -2.00. The smallest absolute Gasteiger partial charge is 0.131 e. The second-order valence-corrected chi connectivity index (χ2v) is 4.65. The summed E-state index contributed by atoms with van der Waals surface area (Å²) in [6.07, 6.45) is 1.01. The highest BCUT2D eigenvalue weighted by molar-refractivity contribution is 7.10. The third kappa shape index (κ3) is 2.20. The molecule has 2 nitrogen and oxygen atoms in total. The van der Waals surface area contributed by atoms with Crippen LogP contribution in [0.25, 0.3) is 0 Å². The molecule has 0 amide bonds. The number of nitrogens with zero attached hydrogens (tertiary/aromatic N) is 1. The normalized spacial score (nSPS) is 12.7. The highest BCUT2D eigenvalue weighted by Gasteiger charge is 2.16. The molecule has 0 aliphatic carbocycles. The van der Waals surface area contributed by atoms with Gasteiger partial charge in [-0.25, -0.2) is 0 Å². The molecule has 0 fully saturated rings. The van der Waals surface area contributed by atoms with Crippen LogP contribution in [0, 0.1) is 6.92 Å². The van der Waals surface area contributed by atoms with Gasteiger partial charge in [-0.1, -0.05) is 17.7 Å². The first kappa shape index (κ1) is 10.6. The summed E-state index contributed by atoms with van der Waals surface area (Å²) in [5.74, 6) is 0. The molecule has 0 saturated heterocycles. The van der Waals surface area contributed by atoms with E-state index >= 15 is 0 Å². The zero-order chi connectivity index (χ0) is 10.8. The van der Waals surface area contributed by atoms with Crippen LogP contribution >= 0.6 is 22.9 Å². The monoisotopic (exact) mass is 239 g/mol. The molecule has 0 radical (unpaired) electrons. The van der Waals surface area contributed by atoms with Crippen LogP contribution in [0.15, 0.2) is 29.8 Å². The van der Waals surface area contributed by atoms with E-state index < -0.39 is 6.10 Å². The second-order valence-electron chi connectivity index (χ2n) is 3.30. The number of hydrogen-bond acceptors (Lipinski definition) is 3. The van der Waals surface area contributed by atoms with Crippen molar-refractivity contribution >= 4 is 22.9 Å². The van der Waals surface area contributed by atoms with Crippen LogP contribution in [-0.4, -0.2) is 10.1 Å². The Labute approximate surface area is 97.2 Å². The lowest BCUT2D eigenvalue weighted by molar-refractivity contribution is 0.219. The molecule has 4 heteroatoms. The summed E-state index contributed by atoms with van der Waals surface area (Å²) in [6, 6.07) is 5.52. The summed E-state index contributed by atoms with van der Waals surface area (Å²) in [5, 5.41) is 12.5. The molecule has 78 valence electrons. The molecule has 2 heterocycles. The van der Waals surface area contributed by atoms with E-state index in [1.807, 2.05) is 24.4 Å². The summed E-state index contributed by atoms with van der Waals surface area (Å²) < 4.78 is 0. The first-order valence-electron chi connectivity index (χ1n) is 4.52. The van der Waals surface area contributed by atoms with Crippen LogP contribution in [0.2, 0.25) is 5.02 Å². The van der Waals surface area contributed by atoms with E-state index in [2.05, 4.69) is 4.98 Å². The predicted molar refractivity (Wildman–Crippen MR) is 62.4 cm³/mol. The number of aryl methyl sites for hydroxylation is 1. The van der Waals surface area contributed by atoms with Crippen molar-refractivity contribution in [1.29, 1.82) is 0 Å². The van der Waals surface area contributed by atoms with Gasteiger partial charge in [0.05, 0.1) is 15.6 Å². The Balaban J connectivity index is 2.32. The minimum Gasteiger partial charge on any atom is -0.381 e. The van der Waals surface area contributed by atoms with Crippen molar-refractivity contribution in [2.24, 2.45) is 0 Å². The fourth-order valence-electron chi connectivity index (χ4n) is 1.28. The van der Waals surface area contributed by atoms with Crippen LogP contribution in [-0.2, 0) is 0 Å². The number of hydrogen-bond donors (Lipinski definition) is 1. The molecule has 2 aromatic rings. The zero-order valence-electron chi connectivity index (χ0n) is 8.14. The average molecular weight is 240 g/mol. The summed E-state index contributed by atoms with van der Waals surface area (Å²) >= 11 is 7.37. The summed E-state index contributed by atoms with van der Waals surface area (Å²) in [7, 11) is 0. The van der Waals surface area contributed by atoms with E-state index in [0.29, 0.717) is 10.7 Å². The lowest BCUT2D eigenvalue weighted by atomic mass is 10.2. The van der Waals surface area contributed by atoms with Gasteiger partial charge < -0.3 is 5.11 Å². The zero-order valence-corrected chi connectivity index (χ0v) is 9.72. The number of halogens is 1. The van der Waals surface area contributed by atoms with E-state index in [-0.39, 0.29) is 0 Å². The van der Waals surface area contributed by atoms with Crippen molar-refractivity contribution in [1.82, 2.24) is 4.98 Å². The topological polar surface area (TPSA) is 33.1 Å². The Morgan fingerprint density at radius 1 is 1.40 bits per heavy atom. The number of aliphatic hydroxyl groups excluding tert-OH is 1. The van der Waals surface area contributed by atoms with Gasteiger partial charge >= 0.3 is 0 Å². The Kier molecular flexibility index (Phi) is 3.05. The predicted octanol–water partition coefficient (Wildman–Crippen LogP) is 3.19. The first-order chi connectivity index (χ1) is 7.18. The molecular weight excluding hydrogens is 230 g/mol. The molecule has 0 spiro atoms. The molecule has 0 aromatic carbocycles. The van der Waals surface area contributed by atoms with E-state index in [0.717, 1.165) is 10.4 Å². The van der Waals surface area contributed by atoms with E-state index in [1.54, 1.807) is 12.3 Å². The van der Waals surface area contributed by atoms with Gasteiger partial charge in [-0.3, -0.25) is 4.98 Å². The Morgan fingerprint density at radius 3 is 2.73 bits per heavy atom. The number of thiophene rings is 1. The summed E-state index contributed by atoms with van der Waals surface area (Å²) in [6.45, 7) is 1.96. The summed E-state index contributed by atoms with van der Waals surface area (Å²) in [5.41, 5.74) is 1.70. The average Bonchev–Trinajstić information content (AvgIpc) is 2.65. The standard InChI is InChI=1S/C11H10ClNOS/c1-7-2-3-9(13-6-7)10(14)11-8(12)4-5-15-11/h2-6,10,14H,1H3. The van der Waals surface area contributed by atoms with Gasteiger partial charge in [-0.05, 0) is 30.0 Å². The minimum absolute atomic E-state index is 0.592. The van der Waals surface area contributed by atoms with Crippen molar-refractivity contribution in [2.75, 3.05) is 0 Å². The van der Waals surface area contributed by atoms with Gasteiger partial charge in [0.25, 0.3) is 0 Å². The second kappa shape index (κ2) is 4.31. The van der Waals surface area contributed by atoms with Gasteiger partial charge in [0, 0.05) is 6.20 Å². The van der Waals surface area contributed by atoms with Crippen LogP contribution in [0.1, 0.15) is 22.2 Å². The first-order valence-corrected chi connectivity index (χ1v) is 5.78. The fourth-order valence-corrected chi connectivity index (χ4v) is 2.43. The van der Waals surface area contributed by atoms with Gasteiger partial charge in [-0.2, -0.15) is 0 Å². The molecule has 15 heavy (non-hydrogen) atoms. The molecule has 0 saturated carbocycles. The molecule has 0 aliphatic heterocycles. The maximum absolute atomic E-state index is 10.0. The number of aromatic nitrogens is 1. The van der Waals surface area contributed by atoms with Crippen LogP contribution in [0.5, 0.6) is 0 Å². The molecule has 1 unspecified atom stereocenters. The maximum atomic E-state index is 10.0. The number of aliphatic hydroxyl groups is 1. The van der Waals surface area contributed by atoms with Crippen molar-refractivity contribution in [3.63, 3.8) is 0 Å².